The molecule has 0 aromatic carbocycles. The minimum atomic E-state index is -0.0870. The Morgan fingerprint density at radius 3 is 2.60 bits per heavy atom. The van der Waals surface area contributed by atoms with Gasteiger partial charge < -0.3 is 5.11 Å². The van der Waals surface area contributed by atoms with Crippen molar-refractivity contribution >= 4 is 0 Å². The van der Waals surface area contributed by atoms with Gasteiger partial charge in [0.15, 0.2) is 0 Å². The quantitative estimate of drug-likeness (QED) is 0.448. The fourth-order valence-corrected chi connectivity index (χ4v) is 1.34. The lowest BCUT2D eigenvalue weighted by atomic mass is 10.1. The summed E-state index contributed by atoms with van der Waals surface area (Å²) in [5, 5.41) is 9.33. The van der Waals surface area contributed by atoms with Crippen LogP contribution in [0.4, 0.5) is 0 Å². The molecule has 0 aromatic rings. The summed E-state index contributed by atoms with van der Waals surface area (Å²) in [5.41, 5.74) is 0. The average Bonchev–Trinajstić information content (AvgIpc) is 2.26. The molecule has 1 heteroatoms. The zero-order valence-corrected chi connectivity index (χ0v) is 9.86. The van der Waals surface area contributed by atoms with Crippen molar-refractivity contribution in [1.29, 1.82) is 0 Å². The van der Waals surface area contributed by atoms with Crippen LogP contribution in [-0.2, 0) is 0 Å². The van der Waals surface area contributed by atoms with E-state index in [1.165, 1.54) is 12.8 Å². The van der Waals surface area contributed by atoms with Crippen molar-refractivity contribution in [3.05, 3.63) is 37.0 Å². The van der Waals surface area contributed by atoms with E-state index in [2.05, 4.69) is 18.7 Å². The maximum Gasteiger partial charge on any atom is 0.0537 e. The van der Waals surface area contributed by atoms with E-state index in [1.807, 2.05) is 19.1 Å². The van der Waals surface area contributed by atoms with Crippen molar-refractivity contribution in [3.63, 3.8) is 0 Å². The van der Waals surface area contributed by atoms with E-state index in [-0.39, 0.29) is 6.10 Å². The summed E-state index contributed by atoms with van der Waals surface area (Å²) in [6, 6.07) is 0. The second-order valence-electron chi connectivity index (χ2n) is 3.75. The molecule has 0 heterocycles. The number of aliphatic hydroxyl groups is 1. The fraction of sp³-hybridized carbons (Fsp3) is 0.571. The molecule has 15 heavy (non-hydrogen) atoms. The van der Waals surface area contributed by atoms with E-state index >= 15 is 0 Å². The second-order valence-corrected chi connectivity index (χ2v) is 3.75. The lowest BCUT2D eigenvalue weighted by Gasteiger charge is -2.05. The molecular weight excluding hydrogens is 184 g/mol. The van der Waals surface area contributed by atoms with E-state index in [0.717, 1.165) is 25.7 Å². The van der Waals surface area contributed by atoms with Crippen LogP contribution in [0.2, 0.25) is 0 Å². The highest BCUT2D eigenvalue weighted by atomic mass is 16.3. The topological polar surface area (TPSA) is 20.2 Å². The Bertz CT molecular complexity index is 192. The van der Waals surface area contributed by atoms with Gasteiger partial charge in [-0.2, -0.15) is 0 Å². The Morgan fingerprint density at radius 1 is 1.13 bits per heavy atom. The summed E-state index contributed by atoms with van der Waals surface area (Å²) in [7, 11) is 0. The molecule has 0 aliphatic carbocycles. The second kappa shape index (κ2) is 11.3. The van der Waals surface area contributed by atoms with Crippen molar-refractivity contribution in [2.45, 2.75) is 51.6 Å². The van der Waals surface area contributed by atoms with Gasteiger partial charge in [0, 0.05) is 0 Å². The minimum Gasteiger partial charge on any atom is -0.393 e. The van der Waals surface area contributed by atoms with Gasteiger partial charge in [0.05, 0.1) is 6.10 Å². The van der Waals surface area contributed by atoms with Gasteiger partial charge in [0.25, 0.3) is 0 Å². The molecule has 0 aromatic heterocycles. The standard InChI is InChI=1S/C14H24O/c1-3-5-6-7-8-9-10-11-12-13-14(15)4-2/h3,5-8,14-15H,1,4,9-13H2,2H3/b6-5+,8-7+. The third-order valence-corrected chi connectivity index (χ3v) is 2.37. The molecule has 1 N–H and O–H groups in total. The van der Waals surface area contributed by atoms with Crippen LogP contribution in [0.1, 0.15) is 45.4 Å². The van der Waals surface area contributed by atoms with Gasteiger partial charge in [-0.25, -0.2) is 0 Å². The first-order valence-electron chi connectivity index (χ1n) is 5.93. The summed E-state index contributed by atoms with van der Waals surface area (Å²) in [5.74, 6) is 0. The summed E-state index contributed by atoms with van der Waals surface area (Å²) in [4.78, 5) is 0. The maximum atomic E-state index is 9.33. The molecule has 1 unspecified atom stereocenters. The minimum absolute atomic E-state index is 0.0870. The van der Waals surface area contributed by atoms with Crippen molar-refractivity contribution in [2.24, 2.45) is 0 Å². The van der Waals surface area contributed by atoms with Crippen molar-refractivity contribution in [2.75, 3.05) is 0 Å². The van der Waals surface area contributed by atoms with Gasteiger partial charge in [0.1, 0.15) is 0 Å². The normalized spacial score (nSPS) is 13.7. The smallest absolute Gasteiger partial charge is 0.0537 e. The molecule has 0 bridgehead atoms. The molecule has 0 fully saturated rings. The SMILES string of the molecule is C=C/C=C/C=C/CCCCCC(O)CC. The first-order chi connectivity index (χ1) is 7.31. The van der Waals surface area contributed by atoms with Crippen molar-refractivity contribution < 1.29 is 5.11 Å². The maximum absolute atomic E-state index is 9.33. The Hall–Kier alpha value is -0.820. The predicted molar refractivity (Wildman–Crippen MR) is 67.9 cm³/mol. The lowest BCUT2D eigenvalue weighted by molar-refractivity contribution is 0.156. The van der Waals surface area contributed by atoms with Gasteiger partial charge in [-0.3, -0.25) is 0 Å². The summed E-state index contributed by atoms with van der Waals surface area (Å²) in [6.07, 6.45) is 16.4. The summed E-state index contributed by atoms with van der Waals surface area (Å²) < 4.78 is 0. The van der Waals surface area contributed by atoms with E-state index < -0.39 is 0 Å². The van der Waals surface area contributed by atoms with Crippen LogP contribution in [0.3, 0.4) is 0 Å². The number of rotatable bonds is 9. The predicted octanol–water partition coefficient (Wildman–Crippen LogP) is 4.01. The third-order valence-electron chi connectivity index (χ3n) is 2.37. The largest absolute Gasteiger partial charge is 0.393 e. The molecule has 0 saturated heterocycles. The monoisotopic (exact) mass is 208 g/mol. The molecule has 0 saturated carbocycles. The molecule has 0 aliphatic heterocycles. The number of hydrogen-bond acceptors (Lipinski definition) is 1. The number of unbranched alkanes of at least 4 members (excludes halogenated alkanes) is 3. The summed E-state index contributed by atoms with van der Waals surface area (Å²) >= 11 is 0. The van der Waals surface area contributed by atoms with Gasteiger partial charge in [-0.15, -0.1) is 0 Å². The highest BCUT2D eigenvalue weighted by Gasteiger charge is 1.98. The Morgan fingerprint density at radius 2 is 1.93 bits per heavy atom. The summed E-state index contributed by atoms with van der Waals surface area (Å²) in [6.45, 7) is 5.63. The van der Waals surface area contributed by atoms with Gasteiger partial charge >= 0.3 is 0 Å². The van der Waals surface area contributed by atoms with Crippen LogP contribution in [0, 0.1) is 0 Å². The van der Waals surface area contributed by atoms with Crippen LogP contribution in [-0.4, -0.2) is 11.2 Å². The highest BCUT2D eigenvalue weighted by molar-refractivity contribution is 5.08. The first kappa shape index (κ1) is 14.2. The van der Waals surface area contributed by atoms with E-state index in [9.17, 15) is 5.11 Å². The van der Waals surface area contributed by atoms with Crippen molar-refractivity contribution in [3.8, 4) is 0 Å². The zero-order chi connectivity index (χ0) is 11.4. The van der Waals surface area contributed by atoms with E-state index in [1.54, 1.807) is 6.08 Å². The highest BCUT2D eigenvalue weighted by Crippen LogP contribution is 2.07. The Balaban J connectivity index is 3.21. The lowest BCUT2D eigenvalue weighted by Crippen LogP contribution is -2.03. The molecule has 0 aliphatic rings. The average molecular weight is 208 g/mol. The van der Waals surface area contributed by atoms with Crippen LogP contribution in [0.25, 0.3) is 0 Å². The van der Waals surface area contributed by atoms with Gasteiger partial charge in [0.2, 0.25) is 0 Å². The number of allylic oxidation sites excluding steroid dienone is 5. The fourth-order valence-electron chi connectivity index (χ4n) is 1.34. The van der Waals surface area contributed by atoms with Crippen molar-refractivity contribution in [1.82, 2.24) is 0 Å². The van der Waals surface area contributed by atoms with Crippen LogP contribution in [0.15, 0.2) is 37.0 Å². The Labute approximate surface area is 94.2 Å². The molecule has 0 amide bonds. The molecule has 0 spiro atoms. The first-order valence-corrected chi connectivity index (χ1v) is 5.93. The van der Waals surface area contributed by atoms with Gasteiger partial charge in [-0.05, 0) is 25.7 Å². The molecule has 0 rings (SSSR count). The van der Waals surface area contributed by atoms with Crippen LogP contribution >= 0.6 is 0 Å². The third kappa shape index (κ3) is 11.1. The van der Waals surface area contributed by atoms with Crippen LogP contribution in [0.5, 0.6) is 0 Å². The van der Waals surface area contributed by atoms with Gasteiger partial charge in [-0.1, -0.05) is 56.7 Å². The number of hydrogen-bond donors (Lipinski definition) is 1. The number of aliphatic hydroxyl groups excluding tert-OH is 1. The Kier molecular flexibility index (Phi) is 10.6. The van der Waals surface area contributed by atoms with E-state index in [4.69, 9.17) is 0 Å². The van der Waals surface area contributed by atoms with E-state index in [0.29, 0.717) is 0 Å². The molecule has 0 radical (unpaired) electrons. The molecule has 86 valence electrons. The zero-order valence-electron chi connectivity index (χ0n) is 9.86. The molecular formula is C14H24O. The molecule has 1 nitrogen and oxygen atoms in total. The van der Waals surface area contributed by atoms with Crippen LogP contribution < -0.4 is 0 Å². The molecule has 1 atom stereocenters.